The van der Waals surface area contributed by atoms with Crippen molar-refractivity contribution in [1.82, 2.24) is 19.3 Å². The predicted molar refractivity (Wildman–Crippen MR) is 153 cm³/mol. The first kappa shape index (κ1) is 29.7. The number of rotatable bonds is 12. The second-order valence-corrected chi connectivity index (χ2v) is 12.2. The van der Waals surface area contributed by atoms with Gasteiger partial charge in [-0.1, -0.05) is 49.4 Å². The van der Waals surface area contributed by atoms with Crippen LogP contribution in [0.25, 0.3) is 0 Å². The number of benzene rings is 2. The molecule has 0 saturated carbocycles. The van der Waals surface area contributed by atoms with Gasteiger partial charge in [-0.05, 0) is 74.3 Å². The number of aryl methyl sites for hydroxylation is 3. The third-order valence-corrected chi connectivity index (χ3v) is 9.17. The fourth-order valence-corrected chi connectivity index (χ4v) is 6.60. The lowest BCUT2D eigenvalue weighted by Crippen LogP contribution is -2.36. The van der Waals surface area contributed by atoms with Crippen LogP contribution in [0.2, 0.25) is 0 Å². The van der Waals surface area contributed by atoms with E-state index < -0.39 is 10.0 Å². The average Bonchev–Trinajstić information content (AvgIpc) is 3.35. The number of hydrogen-bond acceptors (Lipinski definition) is 7. The van der Waals surface area contributed by atoms with Crippen molar-refractivity contribution in [2.75, 3.05) is 13.2 Å². The molecular weight excluding hydrogens is 528 g/mol. The highest BCUT2D eigenvalue weighted by Crippen LogP contribution is 2.34. The van der Waals surface area contributed by atoms with Gasteiger partial charge in [0.2, 0.25) is 10.0 Å². The summed E-state index contributed by atoms with van der Waals surface area (Å²) in [5.74, 6) is 0.0366. The molecule has 1 aliphatic rings. The van der Waals surface area contributed by atoms with Crippen LogP contribution >= 0.6 is 0 Å². The summed E-state index contributed by atoms with van der Waals surface area (Å²) >= 11 is 0. The van der Waals surface area contributed by atoms with Crippen LogP contribution in [0.1, 0.15) is 74.8 Å². The molecule has 2 heterocycles. The number of fused-ring (bicyclic) bond motifs is 1. The number of carbonyl (C=O) groups excluding carboxylic acids is 1. The van der Waals surface area contributed by atoms with Gasteiger partial charge < -0.3 is 9.47 Å². The van der Waals surface area contributed by atoms with E-state index in [9.17, 15) is 13.2 Å². The first-order chi connectivity index (χ1) is 19.2. The Balaban J connectivity index is 1.61. The summed E-state index contributed by atoms with van der Waals surface area (Å²) in [6.45, 7) is 9.49. The molecule has 2 aromatic carbocycles. The SMILES string of the molecule is CCCn1cc(CCC(CC(=O)OCC)c2ccc(C)c(CN3CC(CC)Oc4ccccc4S3(=O)=O)c2)nn1. The first-order valence-electron chi connectivity index (χ1n) is 14.1. The maximum atomic E-state index is 13.7. The van der Waals surface area contributed by atoms with E-state index in [0.717, 1.165) is 35.3 Å². The van der Waals surface area contributed by atoms with Gasteiger partial charge in [0.05, 0.1) is 25.3 Å². The van der Waals surface area contributed by atoms with Gasteiger partial charge in [-0.2, -0.15) is 4.31 Å². The predicted octanol–water partition coefficient (Wildman–Crippen LogP) is 5.03. The summed E-state index contributed by atoms with van der Waals surface area (Å²) in [7, 11) is -3.77. The lowest BCUT2D eigenvalue weighted by Gasteiger charge is -2.24. The Bertz CT molecular complexity index is 1400. The summed E-state index contributed by atoms with van der Waals surface area (Å²) < 4.78 is 42.1. The zero-order valence-corrected chi connectivity index (χ0v) is 24.7. The molecule has 10 heteroatoms. The van der Waals surface area contributed by atoms with Crippen molar-refractivity contribution in [3.05, 3.63) is 71.0 Å². The molecule has 0 saturated heterocycles. The molecule has 0 fully saturated rings. The van der Waals surface area contributed by atoms with E-state index in [0.29, 0.717) is 31.6 Å². The standard InChI is InChI=1S/C30H40N4O5S/c1-5-16-33-20-26(31-32-33)15-14-24(18-30(35)38-7-3)23-13-12-22(4)25(17-23)19-34-21-27(6-2)39-28-10-8-9-11-29(28)40(34,36)37/h8-13,17,20,24,27H,5-7,14-16,18-19,21H2,1-4H3. The van der Waals surface area contributed by atoms with Crippen LogP contribution in [0.4, 0.5) is 0 Å². The van der Waals surface area contributed by atoms with Crippen LogP contribution in [-0.4, -0.2) is 52.9 Å². The number of para-hydroxylation sites is 1. The Kier molecular flexibility index (Phi) is 9.97. The van der Waals surface area contributed by atoms with E-state index in [1.54, 1.807) is 31.2 Å². The Labute approximate surface area is 237 Å². The smallest absolute Gasteiger partial charge is 0.306 e. The summed E-state index contributed by atoms with van der Waals surface area (Å²) in [5.41, 5.74) is 3.75. The van der Waals surface area contributed by atoms with Crippen molar-refractivity contribution in [2.45, 2.75) is 89.8 Å². The highest BCUT2D eigenvalue weighted by atomic mass is 32.2. The maximum Gasteiger partial charge on any atom is 0.306 e. The quantitative estimate of drug-likeness (QED) is 0.282. The third kappa shape index (κ3) is 7.09. The molecule has 3 aromatic rings. The fraction of sp³-hybridized carbons (Fsp3) is 0.500. The third-order valence-electron chi connectivity index (χ3n) is 7.32. The molecule has 2 unspecified atom stereocenters. The van der Waals surface area contributed by atoms with Gasteiger partial charge in [0.25, 0.3) is 0 Å². The lowest BCUT2D eigenvalue weighted by atomic mass is 9.88. The molecule has 0 bridgehead atoms. The van der Waals surface area contributed by atoms with Crippen LogP contribution < -0.4 is 4.74 Å². The van der Waals surface area contributed by atoms with Crippen LogP contribution in [0.5, 0.6) is 5.75 Å². The minimum Gasteiger partial charge on any atom is -0.488 e. The number of aromatic nitrogens is 3. The van der Waals surface area contributed by atoms with Gasteiger partial charge in [-0.3, -0.25) is 9.48 Å². The molecule has 0 amide bonds. The molecule has 1 aliphatic heterocycles. The summed E-state index contributed by atoms with van der Waals surface area (Å²) in [6, 6.07) is 12.9. The van der Waals surface area contributed by atoms with Gasteiger partial charge in [0.15, 0.2) is 0 Å². The van der Waals surface area contributed by atoms with Crippen LogP contribution in [0, 0.1) is 6.92 Å². The highest BCUT2D eigenvalue weighted by Gasteiger charge is 2.34. The number of esters is 1. The number of hydrogen-bond donors (Lipinski definition) is 0. The molecule has 9 nitrogen and oxygen atoms in total. The maximum absolute atomic E-state index is 13.7. The zero-order valence-electron chi connectivity index (χ0n) is 23.9. The molecule has 2 atom stereocenters. The van der Waals surface area contributed by atoms with E-state index in [-0.39, 0.29) is 42.4 Å². The van der Waals surface area contributed by atoms with Gasteiger partial charge in [0.1, 0.15) is 16.7 Å². The molecule has 0 radical (unpaired) electrons. The van der Waals surface area contributed by atoms with Crippen molar-refractivity contribution >= 4 is 16.0 Å². The fourth-order valence-electron chi connectivity index (χ4n) is 5.03. The second kappa shape index (κ2) is 13.4. The molecule has 0 spiro atoms. The largest absolute Gasteiger partial charge is 0.488 e. The Morgan fingerprint density at radius 2 is 1.98 bits per heavy atom. The first-order valence-corrected chi connectivity index (χ1v) is 15.6. The van der Waals surface area contributed by atoms with E-state index >= 15 is 0 Å². The minimum atomic E-state index is -3.77. The molecule has 1 aromatic heterocycles. The molecule has 0 aliphatic carbocycles. The van der Waals surface area contributed by atoms with E-state index in [1.807, 2.05) is 42.9 Å². The zero-order chi connectivity index (χ0) is 28.7. The molecule has 216 valence electrons. The number of sulfonamides is 1. The van der Waals surface area contributed by atoms with Crippen LogP contribution in [0.15, 0.2) is 53.6 Å². The van der Waals surface area contributed by atoms with Gasteiger partial charge in [-0.25, -0.2) is 8.42 Å². The van der Waals surface area contributed by atoms with Crippen molar-refractivity contribution < 1.29 is 22.7 Å². The monoisotopic (exact) mass is 568 g/mol. The van der Waals surface area contributed by atoms with Crippen LogP contribution in [-0.2, 0) is 39.1 Å². The Morgan fingerprint density at radius 3 is 2.73 bits per heavy atom. The normalized spacial score (nSPS) is 17.4. The lowest BCUT2D eigenvalue weighted by molar-refractivity contribution is -0.143. The van der Waals surface area contributed by atoms with Crippen molar-refractivity contribution in [1.29, 1.82) is 0 Å². The topological polar surface area (TPSA) is 104 Å². The van der Waals surface area contributed by atoms with Gasteiger partial charge in [-0.15, -0.1) is 5.10 Å². The van der Waals surface area contributed by atoms with E-state index in [1.165, 1.54) is 4.31 Å². The molecule has 4 rings (SSSR count). The average molecular weight is 569 g/mol. The number of carbonyl (C=O) groups is 1. The number of nitrogens with zero attached hydrogens (tertiary/aromatic N) is 4. The highest BCUT2D eigenvalue weighted by molar-refractivity contribution is 7.89. The van der Waals surface area contributed by atoms with E-state index in [4.69, 9.17) is 9.47 Å². The van der Waals surface area contributed by atoms with Gasteiger partial charge >= 0.3 is 5.97 Å². The van der Waals surface area contributed by atoms with Gasteiger partial charge in [0, 0.05) is 19.3 Å². The Hall–Kier alpha value is -3.24. The molecule has 40 heavy (non-hydrogen) atoms. The summed E-state index contributed by atoms with van der Waals surface area (Å²) in [5, 5.41) is 8.49. The summed E-state index contributed by atoms with van der Waals surface area (Å²) in [4.78, 5) is 12.7. The van der Waals surface area contributed by atoms with E-state index in [2.05, 4.69) is 17.2 Å². The summed E-state index contributed by atoms with van der Waals surface area (Å²) in [6.07, 6.45) is 4.96. The van der Waals surface area contributed by atoms with Crippen LogP contribution in [0.3, 0.4) is 0 Å². The minimum absolute atomic E-state index is 0.108. The number of ether oxygens (including phenoxy) is 2. The second-order valence-electron chi connectivity index (χ2n) is 10.3. The van der Waals surface area contributed by atoms with Crippen molar-refractivity contribution in [2.24, 2.45) is 0 Å². The van der Waals surface area contributed by atoms with Crippen molar-refractivity contribution in [3.63, 3.8) is 0 Å². The Morgan fingerprint density at radius 1 is 1.18 bits per heavy atom. The molecular formula is C30H40N4O5S. The molecule has 0 N–H and O–H groups in total. The van der Waals surface area contributed by atoms with Crippen molar-refractivity contribution in [3.8, 4) is 5.75 Å².